The van der Waals surface area contributed by atoms with Crippen molar-refractivity contribution in [1.82, 2.24) is 9.55 Å². The first-order chi connectivity index (χ1) is 13.5. The SMILES string of the molecule is CN1c2ccc(-c3cncc(Cn4cc(Cl)ccc4=O)c3)cc2CCC1C=O. The number of nitrogens with zero attached hydrogens (tertiary/aromatic N) is 3. The number of hydrogen-bond donors (Lipinski definition) is 0. The third kappa shape index (κ3) is 3.58. The fourth-order valence-corrected chi connectivity index (χ4v) is 3.88. The number of fused-ring (bicyclic) bond motifs is 1. The number of carbonyl (C=O) groups excluding carboxylic acids is 1. The highest BCUT2D eigenvalue weighted by Crippen LogP contribution is 2.32. The predicted molar refractivity (Wildman–Crippen MR) is 111 cm³/mol. The van der Waals surface area contributed by atoms with E-state index in [1.165, 1.54) is 11.6 Å². The monoisotopic (exact) mass is 393 g/mol. The smallest absolute Gasteiger partial charge is 0.250 e. The van der Waals surface area contributed by atoms with E-state index < -0.39 is 0 Å². The van der Waals surface area contributed by atoms with Gasteiger partial charge in [-0.05, 0) is 53.8 Å². The number of halogens is 1. The second-order valence-electron chi connectivity index (χ2n) is 7.09. The van der Waals surface area contributed by atoms with Crippen LogP contribution in [-0.4, -0.2) is 28.9 Å². The molecule has 1 unspecified atom stereocenters. The van der Waals surface area contributed by atoms with Gasteiger partial charge in [-0.25, -0.2) is 0 Å². The van der Waals surface area contributed by atoms with Gasteiger partial charge in [-0.2, -0.15) is 0 Å². The van der Waals surface area contributed by atoms with Crippen molar-refractivity contribution < 1.29 is 4.79 Å². The maximum atomic E-state index is 12.0. The van der Waals surface area contributed by atoms with Crippen LogP contribution in [0.5, 0.6) is 0 Å². The molecule has 0 spiro atoms. The van der Waals surface area contributed by atoms with Gasteiger partial charge in [0, 0.05) is 43.0 Å². The zero-order chi connectivity index (χ0) is 19.7. The molecule has 0 N–H and O–H groups in total. The molecule has 6 heteroatoms. The lowest BCUT2D eigenvalue weighted by molar-refractivity contribution is -0.109. The van der Waals surface area contributed by atoms with Crippen LogP contribution in [-0.2, 0) is 17.8 Å². The van der Waals surface area contributed by atoms with E-state index in [0.717, 1.165) is 41.5 Å². The molecule has 1 aromatic carbocycles. The molecule has 1 atom stereocenters. The molecule has 0 bridgehead atoms. The summed E-state index contributed by atoms with van der Waals surface area (Å²) in [5.41, 5.74) is 5.23. The minimum Gasteiger partial charge on any atom is -0.365 e. The van der Waals surface area contributed by atoms with Gasteiger partial charge in [0.15, 0.2) is 0 Å². The zero-order valence-electron chi connectivity index (χ0n) is 15.5. The summed E-state index contributed by atoms with van der Waals surface area (Å²) < 4.78 is 1.57. The Morgan fingerprint density at radius 2 is 2.04 bits per heavy atom. The van der Waals surface area contributed by atoms with Crippen molar-refractivity contribution in [3.8, 4) is 11.1 Å². The maximum Gasteiger partial charge on any atom is 0.250 e. The molecule has 4 rings (SSSR count). The van der Waals surface area contributed by atoms with Gasteiger partial charge in [-0.15, -0.1) is 0 Å². The minimum atomic E-state index is -0.101. The first-order valence-electron chi connectivity index (χ1n) is 9.16. The van der Waals surface area contributed by atoms with E-state index >= 15 is 0 Å². The Balaban J connectivity index is 1.64. The van der Waals surface area contributed by atoms with Crippen molar-refractivity contribution in [2.24, 2.45) is 0 Å². The number of carbonyl (C=O) groups is 1. The molecule has 0 radical (unpaired) electrons. The number of hydrogen-bond acceptors (Lipinski definition) is 4. The van der Waals surface area contributed by atoms with Gasteiger partial charge >= 0.3 is 0 Å². The summed E-state index contributed by atoms with van der Waals surface area (Å²) >= 11 is 6.01. The Hall–Kier alpha value is -2.92. The van der Waals surface area contributed by atoms with Gasteiger partial charge in [0.05, 0.1) is 17.6 Å². The van der Waals surface area contributed by atoms with Crippen LogP contribution in [0.1, 0.15) is 17.5 Å². The largest absolute Gasteiger partial charge is 0.365 e. The van der Waals surface area contributed by atoms with E-state index in [0.29, 0.717) is 11.6 Å². The Morgan fingerprint density at radius 3 is 2.86 bits per heavy atom. The van der Waals surface area contributed by atoms with Crippen LogP contribution in [0.15, 0.2) is 59.8 Å². The summed E-state index contributed by atoms with van der Waals surface area (Å²) in [5, 5.41) is 0.524. The number of anilines is 1. The molecular formula is C22H20ClN3O2. The summed E-state index contributed by atoms with van der Waals surface area (Å²) in [7, 11) is 1.96. The van der Waals surface area contributed by atoms with Crippen LogP contribution in [0.3, 0.4) is 0 Å². The van der Waals surface area contributed by atoms with Crippen molar-refractivity contribution in [3.05, 3.63) is 81.5 Å². The Kier molecular flexibility index (Phi) is 5.01. The normalized spacial score (nSPS) is 15.9. The summed E-state index contributed by atoms with van der Waals surface area (Å²) in [6, 6.07) is 11.3. The van der Waals surface area contributed by atoms with Gasteiger partial charge < -0.3 is 14.3 Å². The highest BCUT2D eigenvalue weighted by Gasteiger charge is 2.23. The van der Waals surface area contributed by atoms with Crippen molar-refractivity contribution in [2.45, 2.75) is 25.4 Å². The maximum absolute atomic E-state index is 12.0. The van der Waals surface area contributed by atoms with Crippen molar-refractivity contribution in [2.75, 3.05) is 11.9 Å². The molecule has 142 valence electrons. The molecule has 2 aromatic heterocycles. The topological polar surface area (TPSA) is 55.2 Å². The first kappa shape index (κ1) is 18.4. The van der Waals surface area contributed by atoms with E-state index in [2.05, 4.69) is 23.2 Å². The number of benzene rings is 1. The molecule has 1 aliphatic heterocycles. The number of pyridine rings is 2. The summed E-state index contributed by atoms with van der Waals surface area (Å²) in [4.78, 5) is 29.6. The van der Waals surface area contributed by atoms with Crippen LogP contribution < -0.4 is 10.5 Å². The highest BCUT2D eigenvalue weighted by molar-refractivity contribution is 6.30. The molecule has 28 heavy (non-hydrogen) atoms. The van der Waals surface area contributed by atoms with Crippen LogP contribution in [0, 0.1) is 0 Å². The summed E-state index contributed by atoms with van der Waals surface area (Å²) in [5.74, 6) is 0. The number of rotatable bonds is 4. The fourth-order valence-electron chi connectivity index (χ4n) is 3.70. The van der Waals surface area contributed by atoms with E-state index in [4.69, 9.17) is 11.6 Å². The fraction of sp³-hybridized carbons (Fsp3) is 0.227. The number of aryl methyl sites for hydroxylation is 1. The first-order valence-corrected chi connectivity index (χ1v) is 9.54. The molecule has 1 aliphatic rings. The van der Waals surface area contributed by atoms with Gasteiger partial charge in [0.2, 0.25) is 0 Å². The third-order valence-electron chi connectivity index (χ3n) is 5.25. The standard InChI is InChI=1S/C22H20ClN3O2/c1-25-20(14-27)5-2-17-9-16(3-6-21(17)25)18-8-15(10-24-11-18)12-26-13-19(23)4-7-22(26)28/h3-4,6-11,13-14,20H,2,5,12H2,1H3. The lowest BCUT2D eigenvalue weighted by Crippen LogP contribution is -2.37. The number of likely N-dealkylation sites (N-methyl/N-ethyl adjacent to an activating group) is 1. The van der Waals surface area contributed by atoms with Gasteiger partial charge in [0.1, 0.15) is 6.29 Å². The average molecular weight is 394 g/mol. The number of aldehydes is 1. The summed E-state index contributed by atoms with van der Waals surface area (Å²) in [6.45, 7) is 0.412. The minimum absolute atomic E-state index is 0.0562. The third-order valence-corrected chi connectivity index (χ3v) is 5.48. The Labute approximate surface area is 168 Å². The van der Waals surface area contributed by atoms with Crippen molar-refractivity contribution >= 4 is 23.6 Å². The molecule has 0 saturated heterocycles. The van der Waals surface area contributed by atoms with Gasteiger partial charge in [0.25, 0.3) is 5.56 Å². The van der Waals surface area contributed by atoms with Crippen molar-refractivity contribution in [3.63, 3.8) is 0 Å². The second-order valence-corrected chi connectivity index (χ2v) is 7.53. The van der Waals surface area contributed by atoms with E-state index in [1.807, 2.05) is 24.2 Å². The van der Waals surface area contributed by atoms with Gasteiger partial charge in [-0.1, -0.05) is 17.7 Å². The number of aromatic nitrogens is 2. The molecule has 0 amide bonds. The average Bonchev–Trinajstić information content (AvgIpc) is 2.71. The molecule has 0 fully saturated rings. The highest BCUT2D eigenvalue weighted by atomic mass is 35.5. The molecule has 5 nitrogen and oxygen atoms in total. The lowest BCUT2D eigenvalue weighted by atomic mass is 9.93. The molecular weight excluding hydrogens is 374 g/mol. The molecule has 3 aromatic rings. The Bertz CT molecular complexity index is 1090. The second kappa shape index (κ2) is 7.60. The van der Waals surface area contributed by atoms with E-state index in [-0.39, 0.29) is 11.6 Å². The molecule has 3 heterocycles. The quantitative estimate of drug-likeness (QED) is 0.636. The lowest BCUT2D eigenvalue weighted by Gasteiger charge is -2.33. The van der Waals surface area contributed by atoms with E-state index in [9.17, 15) is 9.59 Å². The van der Waals surface area contributed by atoms with Crippen LogP contribution >= 0.6 is 11.6 Å². The molecule has 0 saturated carbocycles. The van der Waals surface area contributed by atoms with Crippen LogP contribution in [0.4, 0.5) is 5.69 Å². The van der Waals surface area contributed by atoms with Crippen LogP contribution in [0.2, 0.25) is 5.02 Å². The zero-order valence-corrected chi connectivity index (χ0v) is 16.3. The van der Waals surface area contributed by atoms with Crippen LogP contribution in [0.25, 0.3) is 11.1 Å². The Morgan fingerprint density at radius 1 is 1.18 bits per heavy atom. The van der Waals surface area contributed by atoms with Gasteiger partial charge in [-0.3, -0.25) is 9.78 Å². The predicted octanol–water partition coefficient (Wildman–Crippen LogP) is 3.56. The van der Waals surface area contributed by atoms with Crippen molar-refractivity contribution in [1.29, 1.82) is 0 Å². The molecule has 0 aliphatic carbocycles. The summed E-state index contributed by atoms with van der Waals surface area (Å²) in [6.07, 6.45) is 7.94. The van der Waals surface area contributed by atoms with E-state index in [1.54, 1.807) is 23.0 Å².